The van der Waals surface area contributed by atoms with Gasteiger partial charge in [0.1, 0.15) is 12.1 Å². The van der Waals surface area contributed by atoms with E-state index in [1.165, 1.54) is 12.1 Å². The van der Waals surface area contributed by atoms with Gasteiger partial charge in [0, 0.05) is 26.3 Å². The first kappa shape index (κ1) is 17.6. The molecule has 0 saturated carbocycles. The Labute approximate surface area is 152 Å². The molecule has 1 N–H and O–H groups in total. The van der Waals surface area contributed by atoms with Crippen LogP contribution in [0.3, 0.4) is 0 Å². The number of hydrogen-bond donors (Lipinski definition) is 1. The quantitative estimate of drug-likeness (QED) is 0.566. The third-order valence-corrected chi connectivity index (χ3v) is 3.96. The number of para-hydroxylation sites is 1. The van der Waals surface area contributed by atoms with E-state index >= 15 is 0 Å². The molecule has 26 heavy (non-hydrogen) atoms. The molecule has 3 rings (SSSR count). The van der Waals surface area contributed by atoms with E-state index in [2.05, 4.69) is 20.5 Å². The van der Waals surface area contributed by atoms with Crippen LogP contribution in [0.5, 0.6) is 0 Å². The SMILES string of the molecule is CN=C(NCc1nncn1-c1ccccc1)N(C)Cc1ccc(F)cc1. The van der Waals surface area contributed by atoms with Gasteiger partial charge in [0.15, 0.2) is 11.8 Å². The van der Waals surface area contributed by atoms with Crippen molar-refractivity contribution in [2.75, 3.05) is 14.1 Å². The summed E-state index contributed by atoms with van der Waals surface area (Å²) in [6.07, 6.45) is 1.69. The van der Waals surface area contributed by atoms with Gasteiger partial charge in [-0.3, -0.25) is 9.56 Å². The van der Waals surface area contributed by atoms with Gasteiger partial charge in [-0.15, -0.1) is 10.2 Å². The van der Waals surface area contributed by atoms with Crippen molar-refractivity contribution in [1.29, 1.82) is 0 Å². The van der Waals surface area contributed by atoms with Gasteiger partial charge in [-0.2, -0.15) is 0 Å². The monoisotopic (exact) mass is 352 g/mol. The predicted octanol–water partition coefficient (Wildman–Crippen LogP) is 2.61. The van der Waals surface area contributed by atoms with E-state index in [1.54, 1.807) is 25.5 Å². The lowest BCUT2D eigenvalue weighted by molar-refractivity contribution is 0.474. The first-order valence-electron chi connectivity index (χ1n) is 8.28. The number of benzene rings is 2. The van der Waals surface area contributed by atoms with Crippen molar-refractivity contribution in [3.8, 4) is 5.69 Å². The van der Waals surface area contributed by atoms with E-state index in [4.69, 9.17) is 0 Å². The number of halogens is 1. The zero-order chi connectivity index (χ0) is 18.4. The Morgan fingerprint density at radius 3 is 2.58 bits per heavy atom. The molecule has 0 saturated heterocycles. The summed E-state index contributed by atoms with van der Waals surface area (Å²) in [6.45, 7) is 1.10. The number of guanidine groups is 1. The standard InChI is InChI=1S/C19H21FN6/c1-21-19(25(2)13-15-8-10-16(20)11-9-15)22-12-18-24-23-14-26(18)17-6-4-3-5-7-17/h3-11,14H,12-13H2,1-2H3,(H,21,22). The van der Waals surface area contributed by atoms with Crippen molar-refractivity contribution in [2.45, 2.75) is 13.1 Å². The average Bonchev–Trinajstić information content (AvgIpc) is 3.13. The van der Waals surface area contributed by atoms with Crippen molar-refractivity contribution >= 4 is 5.96 Å². The normalized spacial score (nSPS) is 11.4. The lowest BCUT2D eigenvalue weighted by Crippen LogP contribution is -2.38. The van der Waals surface area contributed by atoms with Crippen molar-refractivity contribution in [3.63, 3.8) is 0 Å². The molecule has 0 aliphatic heterocycles. The fraction of sp³-hybridized carbons (Fsp3) is 0.211. The van der Waals surface area contributed by atoms with E-state index in [-0.39, 0.29) is 5.82 Å². The molecule has 0 bridgehead atoms. The molecule has 2 aromatic carbocycles. The molecule has 1 heterocycles. The second-order valence-electron chi connectivity index (χ2n) is 5.84. The molecule has 0 radical (unpaired) electrons. The maximum Gasteiger partial charge on any atom is 0.194 e. The van der Waals surface area contributed by atoms with Crippen LogP contribution in [-0.4, -0.2) is 39.7 Å². The number of hydrogen-bond acceptors (Lipinski definition) is 3. The number of nitrogens with zero attached hydrogens (tertiary/aromatic N) is 5. The van der Waals surface area contributed by atoms with Crippen LogP contribution in [0.2, 0.25) is 0 Å². The van der Waals surface area contributed by atoms with E-state index in [0.29, 0.717) is 13.1 Å². The summed E-state index contributed by atoms with van der Waals surface area (Å²) in [5.74, 6) is 1.27. The summed E-state index contributed by atoms with van der Waals surface area (Å²) >= 11 is 0. The van der Waals surface area contributed by atoms with E-state index in [0.717, 1.165) is 23.0 Å². The first-order chi connectivity index (χ1) is 12.7. The molecule has 3 aromatic rings. The largest absolute Gasteiger partial charge is 0.349 e. The highest BCUT2D eigenvalue weighted by molar-refractivity contribution is 5.79. The van der Waals surface area contributed by atoms with E-state index in [9.17, 15) is 4.39 Å². The third-order valence-electron chi connectivity index (χ3n) is 3.96. The van der Waals surface area contributed by atoms with Crippen LogP contribution in [0, 0.1) is 5.82 Å². The fourth-order valence-corrected chi connectivity index (χ4v) is 2.67. The van der Waals surface area contributed by atoms with Crippen molar-refractivity contribution in [3.05, 3.63) is 78.1 Å². The molecule has 0 fully saturated rings. The van der Waals surface area contributed by atoms with Crippen LogP contribution in [0.1, 0.15) is 11.4 Å². The zero-order valence-corrected chi connectivity index (χ0v) is 14.8. The third kappa shape index (κ3) is 4.24. The second kappa shape index (κ2) is 8.24. The average molecular weight is 352 g/mol. The molecule has 7 heteroatoms. The Hall–Kier alpha value is -3.22. The number of aromatic nitrogens is 3. The van der Waals surface area contributed by atoms with Gasteiger partial charge in [-0.1, -0.05) is 30.3 Å². The van der Waals surface area contributed by atoms with Gasteiger partial charge >= 0.3 is 0 Å². The molecule has 0 aliphatic carbocycles. The first-order valence-corrected chi connectivity index (χ1v) is 8.28. The summed E-state index contributed by atoms with van der Waals surface area (Å²) in [6, 6.07) is 16.4. The van der Waals surface area contributed by atoms with E-state index in [1.807, 2.05) is 46.8 Å². The number of aliphatic imine (C=N–C) groups is 1. The van der Waals surface area contributed by atoms with Gasteiger partial charge in [-0.05, 0) is 29.8 Å². The highest BCUT2D eigenvalue weighted by Crippen LogP contribution is 2.09. The van der Waals surface area contributed by atoms with Crippen LogP contribution in [0.15, 0.2) is 65.9 Å². The molecule has 0 atom stereocenters. The van der Waals surface area contributed by atoms with Gasteiger partial charge in [-0.25, -0.2) is 4.39 Å². The van der Waals surface area contributed by atoms with Crippen molar-refractivity contribution in [1.82, 2.24) is 25.0 Å². The second-order valence-corrected chi connectivity index (χ2v) is 5.84. The topological polar surface area (TPSA) is 58.3 Å². The molecular weight excluding hydrogens is 331 g/mol. The van der Waals surface area contributed by atoms with Crippen molar-refractivity contribution < 1.29 is 4.39 Å². The van der Waals surface area contributed by atoms with Crippen LogP contribution >= 0.6 is 0 Å². The minimum atomic E-state index is -0.237. The van der Waals surface area contributed by atoms with Crippen LogP contribution in [0.4, 0.5) is 4.39 Å². The van der Waals surface area contributed by atoms with Crippen molar-refractivity contribution in [2.24, 2.45) is 4.99 Å². The van der Waals surface area contributed by atoms with Crippen LogP contribution in [-0.2, 0) is 13.1 Å². The van der Waals surface area contributed by atoms with Gasteiger partial charge in [0.25, 0.3) is 0 Å². The summed E-state index contributed by atoms with van der Waals surface area (Å²) in [5.41, 5.74) is 2.01. The molecule has 6 nitrogen and oxygen atoms in total. The predicted molar refractivity (Wildman–Crippen MR) is 99.4 cm³/mol. The zero-order valence-electron chi connectivity index (χ0n) is 14.8. The fourth-order valence-electron chi connectivity index (χ4n) is 2.67. The summed E-state index contributed by atoms with van der Waals surface area (Å²) in [4.78, 5) is 6.27. The molecule has 0 spiro atoms. The summed E-state index contributed by atoms with van der Waals surface area (Å²) in [7, 11) is 3.66. The minimum absolute atomic E-state index is 0.237. The molecule has 0 aliphatic rings. The Bertz CT molecular complexity index is 857. The number of rotatable bonds is 5. The molecular formula is C19H21FN6. The smallest absolute Gasteiger partial charge is 0.194 e. The molecule has 0 amide bonds. The van der Waals surface area contributed by atoms with Gasteiger partial charge in [0.05, 0.1) is 6.54 Å². The molecule has 0 unspecified atom stereocenters. The van der Waals surface area contributed by atoms with Gasteiger partial charge in [0.2, 0.25) is 0 Å². The van der Waals surface area contributed by atoms with Crippen LogP contribution in [0.25, 0.3) is 5.69 Å². The Morgan fingerprint density at radius 2 is 1.88 bits per heavy atom. The Kier molecular flexibility index (Phi) is 5.58. The van der Waals surface area contributed by atoms with Gasteiger partial charge < -0.3 is 10.2 Å². The Balaban J connectivity index is 1.65. The number of nitrogens with one attached hydrogen (secondary N) is 1. The maximum atomic E-state index is 13.0. The molecule has 1 aromatic heterocycles. The van der Waals surface area contributed by atoms with Crippen LogP contribution < -0.4 is 5.32 Å². The lowest BCUT2D eigenvalue weighted by Gasteiger charge is -2.22. The highest BCUT2D eigenvalue weighted by atomic mass is 19.1. The molecule has 134 valence electrons. The lowest BCUT2D eigenvalue weighted by atomic mass is 10.2. The summed E-state index contributed by atoms with van der Waals surface area (Å²) in [5, 5.41) is 11.5. The van der Waals surface area contributed by atoms with E-state index < -0.39 is 0 Å². The minimum Gasteiger partial charge on any atom is -0.349 e. The highest BCUT2D eigenvalue weighted by Gasteiger charge is 2.10. The Morgan fingerprint density at radius 1 is 1.15 bits per heavy atom. The summed E-state index contributed by atoms with van der Waals surface area (Å²) < 4.78 is 15.0. The maximum absolute atomic E-state index is 13.0.